The van der Waals surface area contributed by atoms with Crippen LogP contribution in [-0.4, -0.2) is 28.9 Å². The van der Waals surface area contributed by atoms with E-state index in [1.165, 1.54) is 19.3 Å². The zero-order valence-corrected chi connectivity index (χ0v) is 16.7. The minimum atomic E-state index is -0.522. The van der Waals surface area contributed by atoms with Crippen molar-refractivity contribution < 1.29 is 14.1 Å². The number of nitrogens with one attached hydrogen (secondary N) is 2. The van der Waals surface area contributed by atoms with Crippen LogP contribution in [0.15, 0.2) is 28.8 Å². The first-order chi connectivity index (χ1) is 13.1. The van der Waals surface area contributed by atoms with Gasteiger partial charge in [-0.05, 0) is 44.1 Å². The Hall–Kier alpha value is -2.12. The smallest absolute Gasteiger partial charge is 0.346 e. The fourth-order valence-electron chi connectivity index (χ4n) is 3.14. The fourth-order valence-corrected chi connectivity index (χ4v) is 3.53. The Labute approximate surface area is 168 Å². The minimum absolute atomic E-state index is 0.173. The number of hydrogen-bond acceptors (Lipinski definition) is 5. The van der Waals surface area contributed by atoms with Crippen LogP contribution in [0.3, 0.4) is 0 Å². The maximum atomic E-state index is 12.5. The Balaban J connectivity index is 1.82. The number of carbonyl (C=O) groups is 1. The number of hydrogen-bond donors (Lipinski definition) is 2. The normalized spacial score (nSPS) is 14.6. The first kappa shape index (κ1) is 19.6. The van der Waals surface area contributed by atoms with E-state index in [2.05, 4.69) is 15.8 Å². The van der Waals surface area contributed by atoms with E-state index in [0.717, 1.165) is 12.8 Å². The van der Waals surface area contributed by atoms with Gasteiger partial charge in [-0.1, -0.05) is 48.2 Å². The van der Waals surface area contributed by atoms with E-state index in [-0.39, 0.29) is 18.1 Å². The molecule has 0 bridgehead atoms. The number of anilines is 1. The van der Waals surface area contributed by atoms with Crippen molar-refractivity contribution in [3.05, 3.63) is 34.9 Å². The van der Waals surface area contributed by atoms with Gasteiger partial charge in [0.15, 0.2) is 10.7 Å². The third-order valence-corrected chi connectivity index (χ3v) is 4.93. The molecule has 1 aliphatic rings. The molecule has 0 aliphatic heterocycles. The Morgan fingerprint density at radius 2 is 2.00 bits per heavy atom. The second-order valence-electron chi connectivity index (χ2n) is 6.40. The van der Waals surface area contributed by atoms with Crippen LogP contribution in [0.4, 0.5) is 5.88 Å². The molecule has 1 aliphatic carbocycles. The van der Waals surface area contributed by atoms with Crippen molar-refractivity contribution >= 4 is 40.8 Å². The summed E-state index contributed by atoms with van der Waals surface area (Å²) < 4.78 is 10.6. The Bertz CT molecular complexity index is 801. The van der Waals surface area contributed by atoms with E-state index < -0.39 is 5.97 Å². The zero-order chi connectivity index (χ0) is 19.2. The molecule has 1 saturated carbocycles. The number of benzene rings is 1. The van der Waals surface area contributed by atoms with Crippen LogP contribution < -0.4 is 10.6 Å². The monoisotopic (exact) mass is 407 g/mol. The number of thiocarbonyl (C=S) groups is 1. The molecule has 3 rings (SSSR count). The number of carbonyl (C=O) groups excluding carboxylic acids is 1. The van der Waals surface area contributed by atoms with Crippen molar-refractivity contribution in [3.8, 4) is 11.3 Å². The first-order valence-electron chi connectivity index (χ1n) is 9.08. The highest BCUT2D eigenvalue weighted by Crippen LogP contribution is 2.30. The van der Waals surface area contributed by atoms with E-state index in [4.69, 9.17) is 33.1 Å². The van der Waals surface area contributed by atoms with Crippen LogP contribution in [-0.2, 0) is 4.74 Å². The molecule has 0 amide bonds. The van der Waals surface area contributed by atoms with Crippen LogP contribution in [0, 0.1) is 0 Å². The standard InChI is InChI=1S/C19H22ClN3O3S/c1-2-25-18(24)15-16(12-8-10-13(20)11-9-12)23-26-17(15)22-19(27)21-14-6-4-3-5-7-14/h8-11,14H,2-7H2,1H3,(H2,21,22,27). The summed E-state index contributed by atoms with van der Waals surface area (Å²) in [5.41, 5.74) is 1.30. The van der Waals surface area contributed by atoms with Gasteiger partial charge >= 0.3 is 5.97 Å². The van der Waals surface area contributed by atoms with Crippen LogP contribution >= 0.6 is 23.8 Å². The molecule has 1 aromatic heterocycles. The molecule has 27 heavy (non-hydrogen) atoms. The maximum absolute atomic E-state index is 12.5. The molecule has 1 aromatic carbocycles. The lowest BCUT2D eigenvalue weighted by Crippen LogP contribution is -2.39. The predicted molar refractivity (Wildman–Crippen MR) is 109 cm³/mol. The summed E-state index contributed by atoms with van der Waals surface area (Å²) in [5, 5.41) is 11.3. The molecule has 0 atom stereocenters. The van der Waals surface area contributed by atoms with Crippen LogP contribution in [0.5, 0.6) is 0 Å². The summed E-state index contributed by atoms with van der Waals surface area (Å²) in [4.78, 5) is 12.5. The summed E-state index contributed by atoms with van der Waals surface area (Å²) in [6, 6.07) is 7.32. The summed E-state index contributed by atoms with van der Waals surface area (Å²) in [7, 11) is 0. The molecule has 2 aromatic rings. The summed E-state index contributed by atoms with van der Waals surface area (Å²) in [6.07, 6.45) is 5.81. The van der Waals surface area contributed by atoms with Gasteiger partial charge in [0.05, 0.1) is 6.61 Å². The number of esters is 1. The summed E-state index contributed by atoms with van der Waals surface area (Å²) >= 11 is 11.3. The number of halogens is 1. The van der Waals surface area contributed by atoms with E-state index in [0.29, 0.717) is 27.4 Å². The van der Waals surface area contributed by atoms with E-state index >= 15 is 0 Å². The minimum Gasteiger partial charge on any atom is -0.462 e. The van der Waals surface area contributed by atoms with Gasteiger partial charge in [-0.15, -0.1) is 0 Å². The lowest BCUT2D eigenvalue weighted by Gasteiger charge is -2.24. The van der Waals surface area contributed by atoms with Gasteiger partial charge in [-0.2, -0.15) is 0 Å². The van der Waals surface area contributed by atoms with Crippen molar-refractivity contribution in [2.45, 2.75) is 45.1 Å². The molecule has 6 nitrogen and oxygen atoms in total. The van der Waals surface area contributed by atoms with Crippen molar-refractivity contribution in [2.24, 2.45) is 0 Å². The largest absolute Gasteiger partial charge is 0.462 e. The SMILES string of the molecule is CCOC(=O)c1c(-c2ccc(Cl)cc2)noc1NC(=S)NC1CCCCC1. The molecule has 0 radical (unpaired) electrons. The summed E-state index contributed by atoms with van der Waals surface area (Å²) in [6.45, 7) is 1.99. The van der Waals surface area contributed by atoms with E-state index in [1.807, 2.05) is 0 Å². The topological polar surface area (TPSA) is 76.4 Å². The van der Waals surface area contributed by atoms with Gasteiger partial charge in [-0.25, -0.2) is 4.79 Å². The highest BCUT2D eigenvalue weighted by Gasteiger charge is 2.26. The molecule has 144 valence electrons. The Morgan fingerprint density at radius 1 is 1.30 bits per heavy atom. The predicted octanol–water partition coefficient (Wildman–Crippen LogP) is 4.79. The third-order valence-electron chi connectivity index (χ3n) is 4.46. The van der Waals surface area contributed by atoms with Gasteiger partial charge in [-0.3, -0.25) is 0 Å². The summed E-state index contributed by atoms with van der Waals surface area (Å²) in [5.74, 6) is -0.349. The first-order valence-corrected chi connectivity index (χ1v) is 9.87. The van der Waals surface area contributed by atoms with Gasteiger partial charge < -0.3 is 19.9 Å². The molecular weight excluding hydrogens is 386 g/mol. The number of nitrogens with zero attached hydrogens (tertiary/aromatic N) is 1. The van der Waals surface area contributed by atoms with Crippen molar-refractivity contribution in [1.82, 2.24) is 10.5 Å². The average Bonchev–Trinajstić information content (AvgIpc) is 3.06. The third kappa shape index (κ3) is 4.99. The quantitative estimate of drug-likeness (QED) is 0.545. The highest BCUT2D eigenvalue weighted by molar-refractivity contribution is 7.80. The van der Waals surface area contributed by atoms with Crippen LogP contribution in [0.1, 0.15) is 49.4 Å². The molecule has 0 spiro atoms. The Kier molecular flexibility index (Phi) is 6.68. The molecule has 0 saturated heterocycles. The number of aromatic nitrogens is 1. The van der Waals surface area contributed by atoms with Crippen molar-refractivity contribution in [3.63, 3.8) is 0 Å². The maximum Gasteiger partial charge on any atom is 0.346 e. The zero-order valence-electron chi connectivity index (χ0n) is 15.1. The van der Waals surface area contributed by atoms with Gasteiger partial charge in [0.1, 0.15) is 5.69 Å². The van der Waals surface area contributed by atoms with Crippen molar-refractivity contribution in [2.75, 3.05) is 11.9 Å². The van der Waals surface area contributed by atoms with Gasteiger partial charge in [0, 0.05) is 16.6 Å². The lowest BCUT2D eigenvalue weighted by molar-refractivity contribution is 0.0528. The number of rotatable bonds is 5. The molecule has 8 heteroatoms. The molecule has 1 fully saturated rings. The van der Waals surface area contributed by atoms with Gasteiger partial charge in [0.2, 0.25) is 5.88 Å². The number of ether oxygens (including phenoxy) is 1. The van der Waals surface area contributed by atoms with Crippen LogP contribution in [0.2, 0.25) is 5.02 Å². The van der Waals surface area contributed by atoms with E-state index in [1.54, 1.807) is 31.2 Å². The molecule has 1 heterocycles. The lowest BCUT2D eigenvalue weighted by atomic mass is 9.96. The van der Waals surface area contributed by atoms with Gasteiger partial charge in [0.25, 0.3) is 0 Å². The van der Waals surface area contributed by atoms with Crippen molar-refractivity contribution in [1.29, 1.82) is 0 Å². The highest BCUT2D eigenvalue weighted by atomic mass is 35.5. The molecular formula is C19H22ClN3O3S. The van der Waals surface area contributed by atoms with E-state index in [9.17, 15) is 4.79 Å². The fraction of sp³-hybridized carbons (Fsp3) is 0.421. The Morgan fingerprint density at radius 3 is 2.67 bits per heavy atom. The second kappa shape index (κ2) is 9.19. The molecule has 2 N–H and O–H groups in total. The average molecular weight is 408 g/mol. The molecule has 0 unspecified atom stereocenters. The second-order valence-corrected chi connectivity index (χ2v) is 7.24. The van der Waals surface area contributed by atoms with Crippen LogP contribution in [0.25, 0.3) is 11.3 Å².